The minimum atomic E-state index is 1.22. The van der Waals surface area contributed by atoms with E-state index in [9.17, 15) is 0 Å². The Hall–Kier alpha value is -1.24. The first-order valence-corrected chi connectivity index (χ1v) is 4.09. The van der Waals surface area contributed by atoms with Crippen LogP contribution in [-0.2, 0) is 0 Å². The number of para-hydroxylation sites is 1. The van der Waals surface area contributed by atoms with E-state index in [0.29, 0.717) is 0 Å². The van der Waals surface area contributed by atoms with Gasteiger partial charge < -0.3 is 4.57 Å². The zero-order valence-corrected chi connectivity index (χ0v) is 7.46. The Bertz CT molecular complexity index is 385. The molecule has 0 saturated carbocycles. The number of aromatic nitrogens is 1. The Labute approximate surface area is 72.6 Å². The SMILES string of the molecule is [CH2]n1c(C)c(C)c2ccccc21. The van der Waals surface area contributed by atoms with E-state index < -0.39 is 0 Å². The smallest absolute Gasteiger partial charge is 0.0485 e. The zero-order valence-electron chi connectivity index (χ0n) is 7.46. The van der Waals surface area contributed by atoms with Gasteiger partial charge in [0, 0.05) is 23.6 Å². The minimum Gasteiger partial charge on any atom is -0.343 e. The van der Waals surface area contributed by atoms with E-state index in [4.69, 9.17) is 0 Å². The van der Waals surface area contributed by atoms with Crippen LogP contribution in [0.1, 0.15) is 11.3 Å². The first-order valence-electron chi connectivity index (χ1n) is 4.09. The lowest BCUT2D eigenvalue weighted by Gasteiger charge is -1.96. The maximum absolute atomic E-state index is 3.99. The lowest BCUT2D eigenvalue weighted by Crippen LogP contribution is -1.86. The molecule has 1 heterocycles. The number of rotatable bonds is 0. The van der Waals surface area contributed by atoms with Crippen molar-refractivity contribution in [2.75, 3.05) is 0 Å². The van der Waals surface area contributed by atoms with Gasteiger partial charge in [-0.1, -0.05) is 18.2 Å². The average Bonchev–Trinajstić information content (AvgIpc) is 2.33. The molecular formula is C11H12N. The van der Waals surface area contributed by atoms with Gasteiger partial charge in [-0.25, -0.2) is 0 Å². The van der Waals surface area contributed by atoms with E-state index in [1.165, 1.54) is 22.2 Å². The van der Waals surface area contributed by atoms with Crippen LogP contribution in [-0.4, -0.2) is 4.57 Å². The van der Waals surface area contributed by atoms with Gasteiger partial charge in [0.1, 0.15) is 0 Å². The summed E-state index contributed by atoms with van der Waals surface area (Å²) in [6.45, 7) is 4.24. The molecule has 1 nitrogen and oxygen atoms in total. The maximum Gasteiger partial charge on any atom is 0.0485 e. The zero-order chi connectivity index (χ0) is 8.72. The van der Waals surface area contributed by atoms with E-state index in [-0.39, 0.29) is 0 Å². The fourth-order valence-electron chi connectivity index (χ4n) is 1.60. The Balaban J connectivity index is 2.99. The topological polar surface area (TPSA) is 4.93 Å². The molecule has 1 aromatic heterocycles. The van der Waals surface area contributed by atoms with Gasteiger partial charge in [0.25, 0.3) is 0 Å². The van der Waals surface area contributed by atoms with Crippen LogP contribution in [0.4, 0.5) is 0 Å². The molecule has 0 amide bonds. The van der Waals surface area contributed by atoms with Crippen LogP contribution in [0.25, 0.3) is 10.9 Å². The van der Waals surface area contributed by atoms with Gasteiger partial charge in [0.2, 0.25) is 0 Å². The molecule has 0 fully saturated rings. The number of benzene rings is 1. The van der Waals surface area contributed by atoms with Crippen LogP contribution in [0.15, 0.2) is 24.3 Å². The van der Waals surface area contributed by atoms with Crippen molar-refractivity contribution in [3.63, 3.8) is 0 Å². The van der Waals surface area contributed by atoms with E-state index >= 15 is 0 Å². The fourth-order valence-corrected chi connectivity index (χ4v) is 1.60. The standard InChI is InChI=1S/C11H12N/c1-8-9(2)12(3)11-7-5-4-6-10(8)11/h4-7H,3H2,1-2H3. The summed E-state index contributed by atoms with van der Waals surface area (Å²) in [5.74, 6) is 0. The third kappa shape index (κ3) is 0.795. The Kier molecular flexibility index (Phi) is 1.47. The molecule has 0 N–H and O–H groups in total. The highest BCUT2D eigenvalue weighted by Gasteiger charge is 2.05. The molecular weight excluding hydrogens is 146 g/mol. The van der Waals surface area contributed by atoms with Crippen molar-refractivity contribution in [3.8, 4) is 0 Å². The highest BCUT2D eigenvalue weighted by Crippen LogP contribution is 2.23. The lowest BCUT2D eigenvalue weighted by atomic mass is 10.2. The summed E-state index contributed by atoms with van der Waals surface area (Å²) in [7, 11) is 3.99. The van der Waals surface area contributed by atoms with Gasteiger partial charge in [0.05, 0.1) is 0 Å². The molecule has 0 aliphatic rings. The predicted molar refractivity (Wildman–Crippen MR) is 52.2 cm³/mol. The molecule has 0 aliphatic carbocycles. The fraction of sp³-hybridized carbons (Fsp3) is 0.182. The van der Waals surface area contributed by atoms with Crippen LogP contribution in [0, 0.1) is 20.9 Å². The van der Waals surface area contributed by atoms with Crippen molar-refractivity contribution in [1.82, 2.24) is 4.57 Å². The van der Waals surface area contributed by atoms with Crippen LogP contribution >= 0.6 is 0 Å². The van der Waals surface area contributed by atoms with Gasteiger partial charge >= 0.3 is 0 Å². The van der Waals surface area contributed by atoms with Gasteiger partial charge in [-0.2, -0.15) is 0 Å². The number of aryl methyl sites for hydroxylation is 1. The first-order chi connectivity index (χ1) is 5.72. The predicted octanol–water partition coefficient (Wildman–Crippen LogP) is 2.90. The van der Waals surface area contributed by atoms with Gasteiger partial charge in [-0.05, 0) is 25.5 Å². The second-order valence-corrected chi connectivity index (χ2v) is 3.16. The van der Waals surface area contributed by atoms with Crippen molar-refractivity contribution in [3.05, 3.63) is 42.6 Å². The van der Waals surface area contributed by atoms with E-state index in [1.54, 1.807) is 0 Å². The monoisotopic (exact) mass is 158 g/mol. The van der Waals surface area contributed by atoms with Crippen LogP contribution in [0.3, 0.4) is 0 Å². The molecule has 1 heteroatoms. The Morgan fingerprint density at radius 2 is 1.83 bits per heavy atom. The third-order valence-corrected chi connectivity index (χ3v) is 2.55. The summed E-state index contributed by atoms with van der Waals surface area (Å²) in [4.78, 5) is 0. The minimum absolute atomic E-state index is 1.22. The van der Waals surface area contributed by atoms with Crippen molar-refractivity contribution >= 4 is 10.9 Å². The Morgan fingerprint density at radius 1 is 1.17 bits per heavy atom. The second kappa shape index (κ2) is 2.37. The first kappa shape index (κ1) is 7.41. The molecule has 0 aliphatic heterocycles. The molecule has 0 atom stereocenters. The van der Waals surface area contributed by atoms with Gasteiger partial charge in [0.15, 0.2) is 0 Å². The summed E-state index contributed by atoms with van der Waals surface area (Å²) in [6, 6.07) is 8.35. The molecule has 2 rings (SSSR count). The molecule has 1 aromatic carbocycles. The second-order valence-electron chi connectivity index (χ2n) is 3.16. The number of nitrogens with zero attached hydrogens (tertiary/aromatic N) is 1. The average molecular weight is 158 g/mol. The van der Waals surface area contributed by atoms with Gasteiger partial charge in [-0.15, -0.1) is 0 Å². The molecule has 0 spiro atoms. The van der Waals surface area contributed by atoms with Crippen molar-refractivity contribution < 1.29 is 0 Å². The summed E-state index contributed by atoms with van der Waals surface area (Å²) < 4.78 is 1.99. The number of hydrogen-bond acceptors (Lipinski definition) is 0. The van der Waals surface area contributed by atoms with Crippen LogP contribution in [0.2, 0.25) is 0 Å². The van der Waals surface area contributed by atoms with Gasteiger partial charge in [-0.3, -0.25) is 0 Å². The Morgan fingerprint density at radius 3 is 2.50 bits per heavy atom. The summed E-state index contributed by atoms with van der Waals surface area (Å²) in [5, 5.41) is 1.31. The highest BCUT2D eigenvalue weighted by atomic mass is 14.9. The van der Waals surface area contributed by atoms with E-state index in [2.05, 4.69) is 39.1 Å². The quantitative estimate of drug-likeness (QED) is 0.555. The normalized spacial score (nSPS) is 10.9. The molecule has 1 radical (unpaired) electrons. The van der Waals surface area contributed by atoms with Crippen LogP contribution < -0.4 is 0 Å². The van der Waals surface area contributed by atoms with E-state index in [0.717, 1.165) is 0 Å². The largest absolute Gasteiger partial charge is 0.343 e. The number of hydrogen-bond donors (Lipinski definition) is 0. The molecule has 2 aromatic rings. The highest BCUT2D eigenvalue weighted by molar-refractivity contribution is 5.85. The molecule has 0 unspecified atom stereocenters. The summed E-state index contributed by atoms with van der Waals surface area (Å²) in [5.41, 5.74) is 3.80. The summed E-state index contributed by atoms with van der Waals surface area (Å²) in [6.07, 6.45) is 0. The van der Waals surface area contributed by atoms with Crippen LogP contribution in [0.5, 0.6) is 0 Å². The lowest BCUT2D eigenvalue weighted by molar-refractivity contribution is 1.04. The van der Waals surface area contributed by atoms with Crippen molar-refractivity contribution in [1.29, 1.82) is 0 Å². The van der Waals surface area contributed by atoms with Crippen molar-refractivity contribution in [2.45, 2.75) is 13.8 Å². The maximum atomic E-state index is 3.99. The number of fused-ring (bicyclic) bond motifs is 1. The summed E-state index contributed by atoms with van der Waals surface area (Å²) >= 11 is 0. The molecule has 12 heavy (non-hydrogen) atoms. The molecule has 0 bridgehead atoms. The third-order valence-electron chi connectivity index (χ3n) is 2.55. The molecule has 0 saturated heterocycles. The van der Waals surface area contributed by atoms with Crippen molar-refractivity contribution in [2.24, 2.45) is 0 Å². The van der Waals surface area contributed by atoms with E-state index in [1.807, 2.05) is 10.6 Å². The molecule has 61 valence electrons.